The molecule has 0 amide bonds. The second-order valence-electron chi connectivity index (χ2n) is 7.26. The van der Waals surface area contributed by atoms with E-state index in [0.717, 1.165) is 6.42 Å². The minimum atomic E-state index is -0.218. The summed E-state index contributed by atoms with van der Waals surface area (Å²) in [7, 11) is 0. The fourth-order valence-electron chi connectivity index (χ4n) is 3.28. The third-order valence-corrected chi connectivity index (χ3v) is 7.14. The van der Waals surface area contributed by atoms with E-state index in [1.54, 1.807) is 5.57 Å². The van der Waals surface area contributed by atoms with E-state index in [0.29, 0.717) is 0 Å². The normalized spacial score (nSPS) is 14.3. The van der Waals surface area contributed by atoms with Crippen LogP contribution in [0.1, 0.15) is 71.9 Å². The molecule has 25 heavy (non-hydrogen) atoms. The van der Waals surface area contributed by atoms with Crippen LogP contribution in [0, 0.1) is 0 Å². The van der Waals surface area contributed by atoms with Gasteiger partial charge in [0.05, 0.1) is 0 Å². The van der Waals surface area contributed by atoms with Crippen LogP contribution >= 0.6 is 24.8 Å². The van der Waals surface area contributed by atoms with Crippen molar-refractivity contribution < 1.29 is 19.4 Å². The maximum atomic E-state index is 3.77. The van der Waals surface area contributed by atoms with Crippen LogP contribution in [0.4, 0.5) is 0 Å². The largest absolute Gasteiger partial charge is 0.147 e. The molecule has 0 atom stereocenters. The van der Waals surface area contributed by atoms with E-state index in [1.807, 2.05) is 0 Å². The molecule has 0 fully saturated rings. The minimum Gasteiger partial charge on any atom is -0.147 e. The van der Waals surface area contributed by atoms with Crippen LogP contribution in [-0.4, -0.2) is 6.54 Å². The molecule has 0 spiro atoms. The van der Waals surface area contributed by atoms with Gasteiger partial charge in [-0.25, -0.2) is 0 Å². The molecule has 1 nitrogen and oxygen atoms in total. The number of benzene rings is 1. The molecule has 0 unspecified atom stereocenters. The van der Waals surface area contributed by atoms with Crippen molar-refractivity contribution in [1.29, 1.82) is 0 Å². The molecule has 0 aliphatic heterocycles. The van der Waals surface area contributed by atoms with Crippen molar-refractivity contribution in [2.24, 2.45) is 0 Å². The summed E-state index contributed by atoms with van der Waals surface area (Å²) in [6.07, 6.45) is 3.67. The zero-order chi connectivity index (χ0) is 17.0. The van der Waals surface area contributed by atoms with Crippen LogP contribution in [0.3, 0.4) is 0 Å². The Kier molecular flexibility index (Phi) is 10.9. The molecular formula is C21H33Cl2NTi. The van der Waals surface area contributed by atoms with Gasteiger partial charge in [0.2, 0.25) is 0 Å². The first-order valence-electron chi connectivity index (χ1n) is 8.85. The average Bonchev–Trinajstić information content (AvgIpc) is 2.79. The second-order valence-corrected chi connectivity index (χ2v) is 10.2. The maximum Gasteiger partial charge on any atom is -0.147 e. The van der Waals surface area contributed by atoms with E-state index in [9.17, 15) is 0 Å². The summed E-state index contributed by atoms with van der Waals surface area (Å²) in [6.45, 7) is 15.1. The monoisotopic (exact) mass is 417 g/mol. The van der Waals surface area contributed by atoms with Crippen LogP contribution < -0.4 is 3.80 Å². The minimum absolute atomic E-state index is 0. The Morgan fingerprint density at radius 1 is 1.04 bits per heavy atom. The van der Waals surface area contributed by atoms with E-state index >= 15 is 0 Å². The van der Waals surface area contributed by atoms with Gasteiger partial charge in [-0.1, -0.05) is 0 Å². The Balaban J connectivity index is 0.00000288. The molecule has 1 aliphatic rings. The average molecular weight is 418 g/mol. The van der Waals surface area contributed by atoms with Gasteiger partial charge in [0, 0.05) is 0 Å². The molecule has 1 N–H and O–H groups in total. The number of halogens is 2. The van der Waals surface area contributed by atoms with Crippen molar-refractivity contribution in [3.05, 3.63) is 52.1 Å². The summed E-state index contributed by atoms with van der Waals surface area (Å²) in [4.78, 5) is 0. The molecular weight excluding hydrogens is 385 g/mol. The first-order valence-corrected chi connectivity index (χ1v) is 10.4. The molecule has 0 aromatic heterocycles. The van der Waals surface area contributed by atoms with Crippen molar-refractivity contribution in [1.82, 2.24) is 3.80 Å². The van der Waals surface area contributed by atoms with Crippen LogP contribution in [0.2, 0.25) is 0 Å². The predicted molar refractivity (Wildman–Crippen MR) is 112 cm³/mol. The summed E-state index contributed by atoms with van der Waals surface area (Å²) in [5.41, 5.74) is 9.06. The van der Waals surface area contributed by atoms with Gasteiger partial charge in [-0.15, -0.1) is 24.8 Å². The van der Waals surface area contributed by atoms with Crippen molar-refractivity contribution in [3.8, 4) is 0 Å². The number of rotatable bonds is 7. The van der Waals surface area contributed by atoms with Crippen LogP contribution in [0.25, 0.3) is 5.57 Å². The number of nitrogens with one attached hydrogen (secondary N) is 1. The van der Waals surface area contributed by atoms with Crippen LogP contribution in [0.15, 0.2) is 41.0 Å². The van der Waals surface area contributed by atoms with Gasteiger partial charge in [0.1, 0.15) is 0 Å². The SMILES string of the molecule is CCCC[NH][Ti][C](C)(C)c1ccccc1C1=C(C)C(C)=C(C)C1.Cl.Cl. The summed E-state index contributed by atoms with van der Waals surface area (Å²) >= 11 is -0.218. The number of hydrogen-bond acceptors (Lipinski definition) is 1. The van der Waals surface area contributed by atoms with Gasteiger partial charge in [-0.2, -0.15) is 0 Å². The molecule has 0 saturated heterocycles. The third-order valence-electron chi connectivity index (χ3n) is 5.08. The zero-order valence-corrected chi connectivity index (χ0v) is 19.6. The van der Waals surface area contributed by atoms with Gasteiger partial charge in [0.15, 0.2) is 0 Å². The van der Waals surface area contributed by atoms with Gasteiger partial charge in [0.25, 0.3) is 0 Å². The first-order chi connectivity index (χ1) is 10.9. The van der Waals surface area contributed by atoms with Crippen molar-refractivity contribution in [3.63, 3.8) is 0 Å². The Bertz CT molecular complexity index is 633. The first kappa shape index (κ1) is 25.0. The third kappa shape index (κ3) is 5.98. The Hall–Kier alpha value is -0.0457. The smallest absolute Gasteiger partial charge is 0.147 e. The number of allylic oxidation sites excluding steroid dienone is 4. The molecule has 0 heterocycles. The Morgan fingerprint density at radius 3 is 2.24 bits per heavy atom. The van der Waals surface area contributed by atoms with Gasteiger partial charge in [-0.3, -0.25) is 0 Å². The molecule has 4 heteroatoms. The molecule has 1 aromatic carbocycles. The summed E-state index contributed by atoms with van der Waals surface area (Å²) < 4.78 is 4.04. The van der Waals surface area contributed by atoms with Crippen molar-refractivity contribution in [2.45, 2.75) is 64.5 Å². The molecule has 1 aromatic rings. The molecule has 1 aliphatic carbocycles. The molecule has 2 rings (SSSR count). The Labute approximate surface area is 176 Å². The van der Waals surface area contributed by atoms with E-state index in [4.69, 9.17) is 0 Å². The Morgan fingerprint density at radius 2 is 1.68 bits per heavy atom. The number of hydrogen-bond donors (Lipinski definition) is 1. The topological polar surface area (TPSA) is 12.0 Å². The van der Waals surface area contributed by atoms with Crippen LogP contribution in [0.5, 0.6) is 0 Å². The molecule has 0 radical (unpaired) electrons. The zero-order valence-electron chi connectivity index (χ0n) is 16.5. The van der Waals surface area contributed by atoms with E-state index < -0.39 is 0 Å². The van der Waals surface area contributed by atoms with Crippen LogP contribution in [-0.2, 0) is 23.1 Å². The van der Waals surface area contributed by atoms with Gasteiger partial charge in [-0.05, 0) is 0 Å². The molecule has 0 bridgehead atoms. The quantitative estimate of drug-likeness (QED) is 0.385. The van der Waals surface area contributed by atoms with Gasteiger partial charge < -0.3 is 0 Å². The fourth-order valence-corrected chi connectivity index (χ4v) is 4.99. The van der Waals surface area contributed by atoms with Crippen molar-refractivity contribution >= 4 is 30.4 Å². The van der Waals surface area contributed by atoms with Gasteiger partial charge >= 0.3 is 152 Å². The standard InChI is InChI=1S/C17H21.C4H10N.2ClH.Ti/c1-11(2)15-8-6-7-9-16(15)17-10-12(3)13(4)14(17)5;1-2-3-4-5;;;/h6-9H,10H2,1-5H3;5H,2-4H2,1H3;2*1H;/q;-1;;;+1. The second kappa shape index (κ2) is 10.9. The predicted octanol–water partition coefficient (Wildman–Crippen LogP) is 6.67. The molecule has 140 valence electrons. The summed E-state index contributed by atoms with van der Waals surface area (Å²) in [5, 5.41) is 0. The van der Waals surface area contributed by atoms with E-state index in [1.165, 1.54) is 47.2 Å². The summed E-state index contributed by atoms with van der Waals surface area (Å²) in [5.74, 6) is 0. The number of unbranched alkanes of at least 4 members (excludes halogenated alkanes) is 1. The maximum absolute atomic E-state index is 3.77. The summed E-state index contributed by atoms with van der Waals surface area (Å²) in [6, 6.07) is 9.09. The van der Waals surface area contributed by atoms with Crippen molar-refractivity contribution in [2.75, 3.05) is 6.54 Å². The van der Waals surface area contributed by atoms with E-state index in [2.05, 4.69) is 69.6 Å². The fraction of sp³-hybridized carbons (Fsp3) is 0.524. The van der Waals surface area contributed by atoms with E-state index in [-0.39, 0.29) is 47.9 Å². The molecule has 0 saturated carbocycles.